The van der Waals surface area contributed by atoms with Crippen LogP contribution in [0.4, 0.5) is 0 Å². The average Bonchev–Trinajstić information content (AvgIpc) is 2.33. The molecule has 0 atom stereocenters. The van der Waals surface area contributed by atoms with E-state index in [0.717, 1.165) is 31.2 Å². The Bertz CT molecular complexity index is 562. The maximum atomic E-state index is 12.4. The lowest BCUT2D eigenvalue weighted by atomic mass is 9.76. The Morgan fingerprint density at radius 3 is 2.53 bits per heavy atom. The van der Waals surface area contributed by atoms with Gasteiger partial charge in [-0.05, 0) is 59.3 Å². The van der Waals surface area contributed by atoms with Gasteiger partial charge in [-0.3, -0.25) is 0 Å². The summed E-state index contributed by atoms with van der Waals surface area (Å²) in [5, 5.41) is 0. The van der Waals surface area contributed by atoms with Gasteiger partial charge in [-0.15, -0.1) is 0 Å². The van der Waals surface area contributed by atoms with E-state index in [4.69, 9.17) is 5.73 Å². The van der Waals surface area contributed by atoms with Gasteiger partial charge in [0.25, 0.3) is 0 Å². The minimum absolute atomic E-state index is 0.245. The van der Waals surface area contributed by atoms with Crippen molar-refractivity contribution in [2.45, 2.75) is 49.6 Å². The quantitative estimate of drug-likeness (QED) is 0.860. The minimum Gasteiger partial charge on any atom is -0.326 e. The summed E-state index contributed by atoms with van der Waals surface area (Å²) in [4.78, 5) is 0.282. The highest BCUT2D eigenvalue weighted by Gasteiger charge is 2.39. The fraction of sp³-hybridized carbons (Fsp3) is 0.538. The summed E-state index contributed by atoms with van der Waals surface area (Å²) in [5.74, 6) is 0. The Balaban J connectivity index is 2.29. The van der Waals surface area contributed by atoms with Crippen LogP contribution in [0.3, 0.4) is 0 Å². The molecule has 1 saturated carbocycles. The maximum Gasteiger partial charge on any atom is 0.242 e. The van der Waals surface area contributed by atoms with E-state index < -0.39 is 10.0 Å². The zero-order chi connectivity index (χ0) is 14.1. The molecule has 1 fully saturated rings. The lowest BCUT2D eigenvalue weighted by Gasteiger charge is -2.41. The van der Waals surface area contributed by atoms with Crippen molar-refractivity contribution >= 4 is 26.0 Å². The lowest BCUT2D eigenvalue weighted by Crippen LogP contribution is -2.52. The second kappa shape index (κ2) is 5.52. The Hall–Kier alpha value is -0.430. The van der Waals surface area contributed by atoms with Crippen LogP contribution in [-0.4, -0.2) is 14.0 Å². The monoisotopic (exact) mass is 346 g/mol. The molecule has 1 aromatic rings. The number of nitrogens with two attached hydrogens (primary N) is 1. The average molecular weight is 347 g/mol. The summed E-state index contributed by atoms with van der Waals surface area (Å²) in [6, 6.07) is 5.11. The van der Waals surface area contributed by atoms with Crippen molar-refractivity contribution in [3.05, 3.63) is 28.2 Å². The molecule has 0 amide bonds. The van der Waals surface area contributed by atoms with Crippen LogP contribution in [0, 0.1) is 0 Å². The van der Waals surface area contributed by atoms with Crippen LogP contribution in [0.2, 0.25) is 0 Å². The van der Waals surface area contributed by atoms with Crippen LogP contribution in [0.15, 0.2) is 27.6 Å². The molecular weight excluding hydrogens is 328 g/mol. The molecule has 0 radical (unpaired) electrons. The fourth-order valence-electron chi connectivity index (χ4n) is 2.36. The van der Waals surface area contributed by atoms with Gasteiger partial charge in [0.2, 0.25) is 10.0 Å². The lowest BCUT2D eigenvalue weighted by molar-refractivity contribution is 0.214. The molecule has 3 N–H and O–H groups in total. The van der Waals surface area contributed by atoms with E-state index in [9.17, 15) is 8.42 Å². The van der Waals surface area contributed by atoms with Gasteiger partial charge < -0.3 is 5.73 Å². The molecule has 0 aromatic heterocycles. The standard InChI is InChI=1S/C13H19BrN2O2S/c1-2-13(6-3-7-13)16-19(17,18)12-5-4-10(9-15)8-11(12)14/h4-5,8,16H,2-3,6-7,9,15H2,1H3. The van der Waals surface area contributed by atoms with E-state index in [2.05, 4.69) is 20.7 Å². The molecule has 0 aliphatic heterocycles. The number of rotatable bonds is 5. The minimum atomic E-state index is -3.48. The first-order valence-corrected chi connectivity index (χ1v) is 8.72. The van der Waals surface area contributed by atoms with Gasteiger partial charge in [0.1, 0.15) is 0 Å². The van der Waals surface area contributed by atoms with Crippen LogP contribution in [0.25, 0.3) is 0 Å². The van der Waals surface area contributed by atoms with Gasteiger partial charge in [-0.25, -0.2) is 13.1 Å². The van der Waals surface area contributed by atoms with Crippen molar-refractivity contribution in [3.63, 3.8) is 0 Å². The molecule has 0 spiro atoms. The van der Waals surface area contributed by atoms with Crippen molar-refractivity contribution in [2.24, 2.45) is 5.73 Å². The van der Waals surface area contributed by atoms with Crippen molar-refractivity contribution < 1.29 is 8.42 Å². The number of hydrogen-bond donors (Lipinski definition) is 2. The summed E-state index contributed by atoms with van der Waals surface area (Å²) < 4.78 is 28.3. The molecule has 0 unspecified atom stereocenters. The molecule has 0 saturated heterocycles. The molecule has 1 aliphatic carbocycles. The Labute approximate surface area is 122 Å². The highest BCUT2D eigenvalue weighted by Crippen LogP contribution is 2.36. The summed E-state index contributed by atoms with van der Waals surface area (Å²) in [6.45, 7) is 2.42. The Kier molecular flexibility index (Phi) is 4.35. The third-order valence-electron chi connectivity index (χ3n) is 3.86. The highest BCUT2D eigenvalue weighted by molar-refractivity contribution is 9.10. The second-order valence-corrected chi connectivity index (χ2v) is 7.57. The van der Waals surface area contributed by atoms with E-state index in [1.165, 1.54) is 0 Å². The largest absolute Gasteiger partial charge is 0.326 e. The van der Waals surface area contributed by atoms with Gasteiger partial charge in [0.05, 0.1) is 4.90 Å². The highest BCUT2D eigenvalue weighted by atomic mass is 79.9. The summed E-state index contributed by atoms with van der Waals surface area (Å²) in [5.41, 5.74) is 6.20. The van der Waals surface area contributed by atoms with Gasteiger partial charge in [0.15, 0.2) is 0 Å². The third-order valence-corrected chi connectivity index (χ3v) is 6.42. The summed E-state index contributed by atoms with van der Waals surface area (Å²) in [6.07, 6.45) is 3.75. The predicted molar refractivity (Wildman–Crippen MR) is 79.2 cm³/mol. The zero-order valence-corrected chi connectivity index (χ0v) is 13.4. The molecule has 19 heavy (non-hydrogen) atoms. The number of halogens is 1. The molecule has 0 heterocycles. The number of hydrogen-bond acceptors (Lipinski definition) is 3. The maximum absolute atomic E-state index is 12.4. The fourth-order valence-corrected chi connectivity index (χ4v) is 5.02. The predicted octanol–water partition coefficient (Wildman–Crippen LogP) is 2.52. The van der Waals surface area contributed by atoms with Gasteiger partial charge in [-0.2, -0.15) is 0 Å². The number of sulfonamides is 1. The topological polar surface area (TPSA) is 72.2 Å². The normalized spacial score (nSPS) is 18.1. The summed E-state index contributed by atoms with van der Waals surface area (Å²) >= 11 is 3.32. The number of benzene rings is 1. The van der Waals surface area contributed by atoms with Crippen LogP contribution in [0.1, 0.15) is 38.2 Å². The van der Waals surface area contributed by atoms with E-state index in [1.54, 1.807) is 18.2 Å². The smallest absolute Gasteiger partial charge is 0.242 e. The van der Waals surface area contributed by atoms with Crippen LogP contribution >= 0.6 is 15.9 Å². The molecule has 106 valence electrons. The van der Waals surface area contributed by atoms with Crippen molar-refractivity contribution in [3.8, 4) is 0 Å². The van der Waals surface area contributed by atoms with E-state index >= 15 is 0 Å². The molecule has 1 aromatic carbocycles. The van der Waals surface area contributed by atoms with E-state index in [0.29, 0.717) is 11.0 Å². The van der Waals surface area contributed by atoms with Crippen LogP contribution in [0.5, 0.6) is 0 Å². The van der Waals surface area contributed by atoms with E-state index in [-0.39, 0.29) is 10.4 Å². The van der Waals surface area contributed by atoms with Gasteiger partial charge >= 0.3 is 0 Å². The first-order chi connectivity index (χ1) is 8.92. The SMILES string of the molecule is CCC1(NS(=O)(=O)c2ccc(CN)cc2Br)CCC1. The zero-order valence-electron chi connectivity index (χ0n) is 10.9. The van der Waals surface area contributed by atoms with Crippen molar-refractivity contribution in [1.29, 1.82) is 0 Å². The molecular formula is C13H19BrN2O2S. The molecule has 6 heteroatoms. The first-order valence-electron chi connectivity index (χ1n) is 6.45. The first kappa shape index (κ1) is 15.0. The molecule has 2 rings (SSSR count). The van der Waals surface area contributed by atoms with Gasteiger partial charge in [0, 0.05) is 16.6 Å². The van der Waals surface area contributed by atoms with Crippen molar-refractivity contribution in [1.82, 2.24) is 4.72 Å². The Morgan fingerprint density at radius 1 is 1.42 bits per heavy atom. The molecule has 4 nitrogen and oxygen atoms in total. The Morgan fingerprint density at radius 2 is 2.11 bits per heavy atom. The van der Waals surface area contributed by atoms with Gasteiger partial charge in [-0.1, -0.05) is 13.0 Å². The second-order valence-electron chi connectivity index (χ2n) is 5.06. The third kappa shape index (κ3) is 3.02. The van der Waals surface area contributed by atoms with Crippen LogP contribution < -0.4 is 10.5 Å². The van der Waals surface area contributed by atoms with Crippen LogP contribution in [-0.2, 0) is 16.6 Å². The number of nitrogens with one attached hydrogen (secondary N) is 1. The van der Waals surface area contributed by atoms with E-state index in [1.807, 2.05) is 6.92 Å². The van der Waals surface area contributed by atoms with Crippen molar-refractivity contribution in [2.75, 3.05) is 0 Å². The summed E-state index contributed by atoms with van der Waals surface area (Å²) in [7, 11) is -3.48. The molecule has 0 bridgehead atoms. The molecule has 1 aliphatic rings.